The second-order valence-corrected chi connectivity index (χ2v) is 2.53. The van der Waals surface area contributed by atoms with Gasteiger partial charge in [-0.3, -0.25) is 16.3 Å². The number of rotatable bonds is 4. The third kappa shape index (κ3) is 2.15. The fraction of sp³-hybridized carbons (Fsp3) is 0.222. The van der Waals surface area contributed by atoms with E-state index in [1.807, 2.05) is 18.2 Å². The third-order valence-electron chi connectivity index (χ3n) is 1.69. The van der Waals surface area contributed by atoms with Crippen LogP contribution in [0.25, 0.3) is 0 Å². The van der Waals surface area contributed by atoms with Gasteiger partial charge in [0.25, 0.3) is 0 Å². The zero-order chi connectivity index (χ0) is 8.81. The van der Waals surface area contributed by atoms with Crippen molar-refractivity contribution in [3.8, 4) is 0 Å². The molecular weight excluding hydrogens is 150 g/mol. The molecule has 0 saturated carbocycles. The lowest BCUT2D eigenvalue weighted by Crippen LogP contribution is -2.27. The van der Waals surface area contributed by atoms with E-state index in [-0.39, 0.29) is 6.04 Å². The Morgan fingerprint density at radius 3 is 3.08 bits per heavy atom. The van der Waals surface area contributed by atoms with Crippen LogP contribution in [0.15, 0.2) is 37.2 Å². The zero-order valence-electron chi connectivity index (χ0n) is 6.90. The van der Waals surface area contributed by atoms with Crippen molar-refractivity contribution in [2.24, 2.45) is 5.84 Å². The molecular formula is C9H13N3. The highest BCUT2D eigenvalue weighted by Crippen LogP contribution is 2.13. The predicted molar refractivity (Wildman–Crippen MR) is 49.1 cm³/mol. The molecule has 3 heteroatoms. The summed E-state index contributed by atoms with van der Waals surface area (Å²) >= 11 is 0. The molecule has 0 aliphatic rings. The first-order chi connectivity index (χ1) is 5.88. The van der Waals surface area contributed by atoms with E-state index >= 15 is 0 Å². The summed E-state index contributed by atoms with van der Waals surface area (Å²) in [6.07, 6.45) is 6.18. The SMILES string of the molecule is C=CCC(NN)c1cccnc1. The fourth-order valence-electron chi connectivity index (χ4n) is 1.05. The van der Waals surface area contributed by atoms with Crippen molar-refractivity contribution in [2.75, 3.05) is 0 Å². The summed E-state index contributed by atoms with van der Waals surface area (Å²) in [5.74, 6) is 5.37. The van der Waals surface area contributed by atoms with E-state index in [9.17, 15) is 0 Å². The van der Waals surface area contributed by atoms with Gasteiger partial charge in [-0.15, -0.1) is 6.58 Å². The lowest BCUT2D eigenvalue weighted by atomic mass is 10.1. The van der Waals surface area contributed by atoms with Crippen LogP contribution in [-0.2, 0) is 0 Å². The molecule has 0 aromatic carbocycles. The van der Waals surface area contributed by atoms with E-state index in [0.29, 0.717) is 0 Å². The molecule has 0 aliphatic heterocycles. The Hall–Kier alpha value is -1.19. The van der Waals surface area contributed by atoms with Crippen LogP contribution in [-0.4, -0.2) is 4.98 Å². The van der Waals surface area contributed by atoms with Crippen LogP contribution in [0.1, 0.15) is 18.0 Å². The summed E-state index contributed by atoms with van der Waals surface area (Å²) in [6, 6.07) is 4.00. The number of aromatic nitrogens is 1. The topological polar surface area (TPSA) is 50.9 Å². The van der Waals surface area contributed by atoms with Crippen LogP contribution in [0.5, 0.6) is 0 Å². The summed E-state index contributed by atoms with van der Waals surface area (Å²) < 4.78 is 0. The van der Waals surface area contributed by atoms with Crippen LogP contribution in [0.3, 0.4) is 0 Å². The van der Waals surface area contributed by atoms with Gasteiger partial charge >= 0.3 is 0 Å². The molecule has 0 saturated heterocycles. The van der Waals surface area contributed by atoms with Gasteiger partial charge in [0.05, 0.1) is 6.04 Å². The lowest BCUT2D eigenvalue weighted by molar-refractivity contribution is 0.560. The van der Waals surface area contributed by atoms with Gasteiger partial charge in [-0.05, 0) is 18.1 Å². The monoisotopic (exact) mass is 163 g/mol. The summed E-state index contributed by atoms with van der Waals surface area (Å²) in [4.78, 5) is 4.01. The average molecular weight is 163 g/mol. The number of nitrogens with zero attached hydrogens (tertiary/aromatic N) is 1. The van der Waals surface area contributed by atoms with Crippen molar-refractivity contribution in [3.05, 3.63) is 42.7 Å². The molecule has 3 nitrogen and oxygen atoms in total. The standard InChI is InChI=1S/C9H13N3/c1-2-4-9(12-10)8-5-3-6-11-7-8/h2-3,5-7,9,12H,1,4,10H2. The molecule has 1 rings (SSSR count). The first-order valence-corrected chi connectivity index (χ1v) is 3.85. The van der Waals surface area contributed by atoms with E-state index in [1.54, 1.807) is 12.4 Å². The molecule has 0 spiro atoms. The Kier molecular flexibility index (Phi) is 3.44. The lowest BCUT2D eigenvalue weighted by Gasteiger charge is -2.12. The van der Waals surface area contributed by atoms with E-state index in [1.165, 1.54) is 0 Å². The Balaban J connectivity index is 2.72. The molecule has 0 bridgehead atoms. The van der Waals surface area contributed by atoms with Gasteiger partial charge in [0.1, 0.15) is 0 Å². The van der Waals surface area contributed by atoms with Gasteiger partial charge in [0.15, 0.2) is 0 Å². The largest absolute Gasteiger partial charge is 0.271 e. The quantitative estimate of drug-likeness (QED) is 0.398. The van der Waals surface area contributed by atoms with Crippen LogP contribution in [0.2, 0.25) is 0 Å². The molecule has 0 radical (unpaired) electrons. The number of hydrazine groups is 1. The van der Waals surface area contributed by atoms with Gasteiger partial charge in [0, 0.05) is 12.4 Å². The third-order valence-corrected chi connectivity index (χ3v) is 1.69. The molecule has 1 atom stereocenters. The van der Waals surface area contributed by atoms with E-state index < -0.39 is 0 Å². The Labute approximate surface area is 72.3 Å². The summed E-state index contributed by atoms with van der Waals surface area (Å²) in [5, 5.41) is 0. The number of hydrogen-bond acceptors (Lipinski definition) is 3. The summed E-state index contributed by atoms with van der Waals surface area (Å²) in [7, 11) is 0. The maximum atomic E-state index is 5.37. The summed E-state index contributed by atoms with van der Waals surface area (Å²) in [5.41, 5.74) is 3.79. The second-order valence-electron chi connectivity index (χ2n) is 2.53. The van der Waals surface area contributed by atoms with Crippen LogP contribution in [0, 0.1) is 0 Å². The molecule has 3 N–H and O–H groups in total. The maximum absolute atomic E-state index is 5.37. The van der Waals surface area contributed by atoms with Crippen molar-refractivity contribution in [2.45, 2.75) is 12.5 Å². The molecule has 0 fully saturated rings. The minimum atomic E-state index is 0.121. The maximum Gasteiger partial charge on any atom is 0.0509 e. The highest BCUT2D eigenvalue weighted by atomic mass is 15.2. The Morgan fingerprint density at radius 1 is 1.75 bits per heavy atom. The molecule has 1 aromatic heterocycles. The summed E-state index contributed by atoms with van der Waals surface area (Å²) in [6.45, 7) is 3.66. The molecule has 64 valence electrons. The van der Waals surface area contributed by atoms with E-state index in [0.717, 1.165) is 12.0 Å². The second kappa shape index (κ2) is 4.64. The van der Waals surface area contributed by atoms with Gasteiger partial charge < -0.3 is 0 Å². The molecule has 1 aromatic rings. The Bertz CT molecular complexity index is 233. The average Bonchev–Trinajstić information content (AvgIpc) is 2.15. The number of nitrogens with one attached hydrogen (secondary N) is 1. The molecule has 1 heterocycles. The molecule has 0 amide bonds. The number of pyridine rings is 1. The van der Waals surface area contributed by atoms with Crippen molar-refractivity contribution in [3.63, 3.8) is 0 Å². The molecule has 0 aliphatic carbocycles. The molecule has 1 unspecified atom stereocenters. The van der Waals surface area contributed by atoms with Crippen molar-refractivity contribution in [1.82, 2.24) is 10.4 Å². The highest BCUT2D eigenvalue weighted by molar-refractivity contribution is 5.14. The van der Waals surface area contributed by atoms with Crippen molar-refractivity contribution in [1.29, 1.82) is 0 Å². The van der Waals surface area contributed by atoms with E-state index in [4.69, 9.17) is 5.84 Å². The van der Waals surface area contributed by atoms with Gasteiger partial charge in [-0.2, -0.15) is 0 Å². The number of nitrogens with two attached hydrogens (primary N) is 1. The zero-order valence-corrected chi connectivity index (χ0v) is 6.90. The minimum absolute atomic E-state index is 0.121. The predicted octanol–water partition coefficient (Wildman–Crippen LogP) is 1.16. The van der Waals surface area contributed by atoms with Crippen LogP contribution in [0.4, 0.5) is 0 Å². The Morgan fingerprint density at radius 2 is 2.58 bits per heavy atom. The van der Waals surface area contributed by atoms with E-state index in [2.05, 4.69) is 17.0 Å². The normalized spacial score (nSPS) is 12.4. The molecule has 12 heavy (non-hydrogen) atoms. The highest BCUT2D eigenvalue weighted by Gasteiger charge is 2.05. The fourth-order valence-corrected chi connectivity index (χ4v) is 1.05. The minimum Gasteiger partial charge on any atom is -0.271 e. The first-order valence-electron chi connectivity index (χ1n) is 3.85. The van der Waals surface area contributed by atoms with Crippen LogP contribution >= 0.6 is 0 Å². The van der Waals surface area contributed by atoms with Gasteiger partial charge in [-0.1, -0.05) is 12.1 Å². The van der Waals surface area contributed by atoms with Gasteiger partial charge in [0.2, 0.25) is 0 Å². The first kappa shape index (κ1) is 8.90. The smallest absolute Gasteiger partial charge is 0.0509 e. The number of hydrogen-bond donors (Lipinski definition) is 2. The van der Waals surface area contributed by atoms with Gasteiger partial charge in [-0.25, -0.2) is 0 Å². The van der Waals surface area contributed by atoms with Crippen LogP contribution < -0.4 is 11.3 Å². The van der Waals surface area contributed by atoms with Crippen molar-refractivity contribution < 1.29 is 0 Å². The van der Waals surface area contributed by atoms with Crippen molar-refractivity contribution >= 4 is 0 Å².